The van der Waals surface area contributed by atoms with Crippen LogP contribution >= 0.6 is 22.3 Å². The Labute approximate surface area is 101 Å². The Balaban J connectivity index is 2.47. The van der Waals surface area contributed by atoms with E-state index < -0.39 is 9.05 Å². The van der Waals surface area contributed by atoms with Gasteiger partial charge in [-0.1, -0.05) is 28.9 Å². The third kappa shape index (κ3) is 2.37. The van der Waals surface area contributed by atoms with Crippen molar-refractivity contribution in [2.75, 3.05) is 0 Å². The van der Waals surface area contributed by atoms with Gasteiger partial charge in [0, 0.05) is 27.3 Å². The lowest BCUT2D eigenvalue weighted by Gasteiger charge is -1.94. The summed E-state index contributed by atoms with van der Waals surface area (Å²) in [5, 5.41) is 3.74. The second-order valence-corrected chi connectivity index (χ2v) is 5.91. The van der Waals surface area contributed by atoms with Crippen LogP contribution in [0.3, 0.4) is 0 Å². The zero-order valence-corrected chi connectivity index (χ0v) is 10.1. The molecule has 1 heterocycles. The monoisotopic (exact) mass is 277 g/mol. The maximum absolute atomic E-state index is 11.0. The molecular weight excluding hydrogens is 273 g/mol. The minimum atomic E-state index is -3.89. The normalized spacial score (nSPS) is 11.6. The molecule has 0 radical (unpaired) electrons. The molecule has 0 spiro atoms. The highest BCUT2D eigenvalue weighted by Crippen LogP contribution is 2.25. The Morgan fingerprint density at radius 1 is 1.25 bits per heavy atom. The van der Waals surface area contributed by atoms with Crippen LogP contribution in [0.2, 0.25) is 5.02 Å². The van der Waals surface area contributed by atoms with Gasteiger partial charge in [0.05, 0.1) is 0 Å². The first kappa shape index (κ1) is 11.4. The Hall–Kier alpha value is -1.04. The van der Waals surface area contributed by atoms with Gasteiger partial charge >= 0.3 is 0 Å². The molecule has 4 nitrogen and oxygen atoms in total. The van der Waals surface area contributed by atoms with E-state index in [4.69, 9.17) is 22.3 Å². The zero-order chi connectivity index (χ0) is 11.8. The summed E-state index contributed by atoms with van der Waals surface area (Å²) in [6, 6.07) is 8.04. The molecule has 0 amide bonds. The third-order valence-electron chi connectivity index (χ3n) is 1.85. The topological polar surface area (TPSA) is 60.2 Å². The molecule has 0 bridgehead atoms. The second kappa shape index (κ2) is 4.08. The van der Waals surface area contributed by atoms with Gasteiger partial charge in [-0.2, -0.15) is 0 Å². The number of hydrogen-bond donors (Lipinski definition) is 0. The van der Waals surface area contributed by atoms with Crippen LogP contribution in [-0.4, -0.2) is 13.6 Å². The van der Waals surface area contributed by atoms with Gasteiger partial charge in [-0.3, -0.25) is 0 Å². The van der Waals surface area contributed by atoms with Gasteiger partial charge in [0.25, 0.3) is 14.1 Å². The SMILES string of the molecule is O=S(=O)(Cl)c1cc(-c2cccc(Cl)c2)no1. The fraction of sp³-hybridized carbons (Fsp3) is 0. The third-order valence-corrected chi connectivity index (χ3v) is 3.21. The summed E-state index contributed by atoms with van der Waals surface area (Å²) in [4.78, 5) is 0. The average molecular weight is 278 g/mol. The predicted octanol–water partition coefficient (Wildman–Crippen LogP) is 2.92. The van der Waals surface area contributed by atoms with Gasteiger partial charge in [-0.15, -0.1) is 0 Å². The Bertz CT molecular complexity index is 621. The van der Waals surface area contributed by atoms with Crippen molar-refractivity contribution < 1.29 is 12.9 Å². The molecule has 0 saturated carbocycles. The zero-order valence-electron chi connectivity index (χ0n) is 7.72. The van der Waals surface area contributed by atoms with Crippen LogP contribution in [0.4, 0.5) is 0 Å². The van der Waals surface area contributed by atoms with Crippen molar-refractivity contribution >= 4 is 31.3 Å². The molecule has 84 valence electrons. The summed E-state index contributed by atoms with van der Waals surface area (Å²) in [5.74, 6) is 0. The first-order valence-corrected chi connectivity index (χ1v) is 6.83. The molecule has 0 unspecified atom stereocenters. The molecular formula is C9H5Cl2NO3S. The predicted molar refractivity (Wildman–Crippen MR) is 60.0 cm³/mol. The van der Waals surface area contributed by atoms with E-state index in [1.165, 1.54) is 6.07 Å². The van der Waals surface area contributed by atoms with E-state index in [2.05, 4.69) is 9.68 Å². The van der Waals surface area contributed by atoms with Gasteiger partial charge in [0.1, 0.15) is 5.69 Å². The summed E-state index contributed by atoms with van der Waals surface area (Å²) in [6.07, 6.45) is 0. The molecule has 0 aliphatic carbocycles. The summed E-state index contributed by atoms with van der Waals surface area (Å²) in [6.45, 7) is 0. The fourth-order valence-corrected chi connectivity index (χ4v) is 1.94. The van der Waals surface area contributed by atoms with Crippen LogP contribution in [0.1, 0.15) is 0 Å². The lowest BCUT2D eigenvalue weighted by Crippen LogP contribution is -1.85. The average Bonchev–Trinajstić information content (AvgIpc) is 2.65. The first-order valence-electron chi connectivity index (χ1n) is 4.14. The lowest BCUT2D eigenvalue weighted by molar-refractivity contribution is 0.343. The van der Waals surface area contributed by atoms with Crippen molar-refractivity contribution in [2.45, 2.75) is 5.09 Å². The molecule has 0 fully saturated rings. The van der Waals surface area contributed by atoms with E-state index in [0.717, 1.165) is 0 Å². The van der Waals surface area contributed by atoms with Crippen molar-refractivity contribution in [3.63, 3.8) is 0 Å². The molecule has 0 aliphatic rings. The van der Waals surface area contributed by atoms with Crippen LogP contribution < -0.4 is 0 Å². The molecule has 0 saturated heterocycles. The van der Waals surface area contributed by atoms with Gasteiger partial charge in [0.15, 0.2) is 0 Å². The summed E-state index contributed by atoms with van der Waals surface area (Å²) in [7, 11) is 1.21. The van der Waals surface area contributed by atoms with Crippen LogP contribution in [0, 0.1) is 0 Å². The minimum Gasteiger partial charge on any atom is -0.343 e. The molecule has 2 rings (SSSR count). The highest BCUT2D eigenvalue weighted by atomic mass is 35.7. The molecule has 2 aromatic rings. The van der Waals surface area contributed by atoms with Crippen molar-refractivity contribution in [1.29, 1.82) is 0 Å². The standard InChI is InChI=1S/C9H5Cl2NO3S/c10-7-3-1-2-6(4-7)8-5-9(15-12-8)16(11,13)14/h1-5H. The number of hydrogen-bond acceptors (Lipinski definition) is 4. The van der Waals surface area contributed by atoms with E-state index in [1.807, 2.05) is 0 Å². The van der Waals surface area contributed by atoms with Crippen LogP contribution in [0.5, 0.6) is 0 Å². The molecule has 7 heteroatoms. The molecule has 1 aromatic carbocycles. The van der Waals surface area contributed by atoms with Gasteiger partial charge in [-0.25, -0.2) is 8.42 Å². The van der Waals surface area contributed by atoms with E-state index >= 15 is 0 Å². The summed E-state index contributed by atoms with van der Waals surface area (Å²) < 4.78 is 26.5. The number of rotatable bonds is 2. The molecule has 0 atom stereocenters. The van der Waals surface area contributed by atoms with Crippen LogP contribution in [0.25, 0.3) is 11.3 Å². The highest BCUT2D eigenvalue weighted by Gasteiger charge is 2.17. The Kier molecular flexibility index (Phi) is 2.92. The summed E-state index contributed by atoms with van der Waals surface area (Å²) in [5.41, 5.74) is 1.02. The number of benzene rings is 1. The number of nitrogens with zero attached hydrogens (tertiary/aromatic N) is 1. The Morgan fingerprint density at radius 3 is 2.56 bits per heavy atom. The molecule has 16 heavy (non-hydrogen) atoms. The van der Waals surface area contributed by atoms with E-state index in [9.17, 15) is 8.42 Å². The number of halogens is 2. The van der Waals surface area contributed by atoms with E-state index in [-0.39, 0.29) is 5.09 Å². The summed E-state index contributed by atoms with van der Waals surface area (Å²) >= 11 is 5.79. The smallest absolute Gasteiger partial charge is 0.297 e. The first-order chi connectivity index (χ1) is 7.47. The lowest BCUT2D eigenvalue weighted by atomic mass is 10.2. The molecule has 1 aromatic heterocycles. The fourth-order valence-electron chi connectivity index (χ4n) is 1.16. The highest BCUT2D eigenvalue weighted by molar-refractivity contribution is 8.13. The Morgan fingerprint density at radius 2 is 2.00 bits per heavy atom. The van der Waals surface area contributed by atoms with Crippen molar-refractivity contribution in [3.05, 3.63) is 35.4 Å². The maximum Gasteiger partial charge on any atom is 0.297 e. The van der Waals surface area contributed by atoms with Gasteiger partial charge in [-0.05, 0) is 12.1 Å². The van der Waals surface area contributed by atoms with Crippen molar-refractivity contribution in [1.82, 2.24) is 5.16 Å². The van der Waals surface area contributed by atoms with Gasteiger partial charge < -0.3 is 4.52 Å². The van der Waals surface area contributed by atoms with Gasteiger partial charge in [0.2, 0.25) is 0 Å². The van der Waals surface area contributed by atoms with Crippen LogP contribution in [-0.2, 0) is 9.05 Å². The molecule has 0 aliphatic heterocycles. The van der Waals surface area contributed by atoms with Crippen molar-refractivity contribution in [3.8, 4) is 11.3 Å². The van der Waals surface area contributed by atoms with Crippen molar-refractivity contribution in [2.24, 2.45) is 0 Å². The van der Waals surface area contributed by atoms with E-state index in [1.54, 1.807) is 24.3 Å². The number of aromatic nitrogens is 1. The second-order valence-electron chi connectivity index (χ2n) is 2.98. The maximum atomic E-state index is 11.0. The minimum absolute atomic E-state index is 0.363. The largest absolute Gasteiger partial charge is 0.343 e. The molecule has 0 N–H and O–H groups in total. The quantitative estimate of drug-likeness (QED) is 0.792. The van der Waals surface area contributed by atoms with E-state index in [0.29, 0.717) is 16.3 Å². The van der Waals surface area contributed by atoms with Crippen LogP contribution in [0.15, 0.2) is 39.9 Å².